The van der Waals surface area contributed by atoms with Gasteiger partial charge in [0.2, 0.25) is 0 Å². The van der Waals surface area contributed by atoms with E-state index in [2.05, 4.69) is 6.92 Å². The first-order valence-electron chi connectivity index (χ1n) is 7.67. The van der Waals surface area contributed by atoms with E-state index in [9.17, 15) is 4.79 Å². The van der Waals surface area contributed by atoms with E-state index < -0.39 is 5.97 Å². The predicted molar refractivity (Wildman–Crippen MR) is 85.0 cm³/mol. The van der Waals surface area contributed by atoms with Gasteiger partial charge in [-0.3, -0.25) is 0 Å². The molecule has 0 aromatic heterocycles. The summed E-state index contributed by atoms with van der Waals surface area (Å²) in [5.74, 6) is -0.835. The van der Waals surface area contributed by atoms with Crippen LogP contribution in [0, 0.1) is 0 Å². The average Bonchev–Trinajstić information content (AvgIpc) is 2.34. The van der Waals surface area contributed by atoms with E-state index in [0.29, 0.717) is 0 Å². The van der Waals surface area contributed by atoms with E-state index in [1.165, 1.54) is 70.3 Å². The van der Waals surface area contributed by atoms with Gasteiger partial charge in [-0.15, -0.1) is 0 Å². The van der Waals surface area contributed by atoms with E-state index in [-0.39, 0.29) is 29.6 Å². The maximum absolute atomic E-state index is 10.2. The fraction of sp³-hybridized carbons (Fsp3) is 0.812. The molecule has 0 spiro atoms. The van der Waals surface area contributed by atoms with Gasteiger partial charge in [-0.25, -0.2) is 4.79 Å². The van der Waals surface area contributed by atoms with E-state index in [0.717, 1.165) is 12.8 Å². The summed E-state index contributed by atoms with van der Waals surface area (Å²) < 4.78 is 0. The molecule has 0 atom stereocenters. The Kier molecular flexibility index (Phi) is 20.6. The molecule has 0 radical (unpaired) electrons. The van der Waals surface area contributed by atoms with E-state index in [1.807, 2.05) is 0 Å². The molecular formula is C16H31NaO2. The predicted octanol–water partition coefficient (Wildman–Crippen LogP) is 4.68. The Hall–Kier alpha value is 0.210. The maximum atomic E-state index is 10.2. The fourth-order valence-electron chi connectivity index (χ4n) is 2.11. The molecule has 0 fully saturated rings. The summed E-state index contributed by atoms with van der Waals surface area (Å²) >= 11 is 0. The Morgan fingerprint density at radius 3 is 1.68 bits per heavy atom. The van der Waals surface area contributed by atoms with Gasteiger partial charge in [-0.05, 0) is 12.8 Å². The molecule has 0 aliphatic rings. The van der Waals surface area contributed by atoms with E-state index in [4.69, 9.17) is 5.11 Å². The normalized spacial score (nSPS) is 10.6. The zero-order chi connectivity index (χ0) is 13.5. The zero-order valence-corrected chi connectivity index (χ0v) is 12.0. The van der Waals surface area contributed by atoms with Crippen LogP contribution < -0.4 is 0 Å². The van der Waals surface area contributed by atoms with Gasteiger partial charge in [-0.2, -0.15) is 0 Å². The topological polar surface area (TPSA) is 37.3 Å². The molecule has 0 amide bonds. The average molecular weight is 278 g/mol. The summed E-state index contributed by atoms with van der Waals surface area (Å²) in [6.07, 6.45) is 18.6. The molecular weight excluding hydrogens is 247 g/mol. The van der Waals surface area contributed by atoms with Crippen molar-refractivity contribution in [3.63, 3.8) is 0 Å². The fourth-order valence-corrected chi connectivity index (χ4v) is 2.11. The van der Waals surface area contributed by atoms with Crippen LogP contribution in [0.1, 0.15) is 84.0 Å². The quantitative estimate of drug-likeness (QED) is 0.302. The first-order valence-corrected chi connectivity index (χ1v) is 7.67. The molecule has 0 rings (SSSR count). The molecule has 0 heterocycles. The number of hydrogen-bond donors (Lipinski definition) is 1. The molecule has 0 aliphatic carbocycles. The second-order valence-electron chi connectivity index (χ2n) is 5.06. The molecule has 0 saturated carbocycles. The molecule has 0 bridgehead atoms. The standard InChI is InChI=1S/C16H30O2.Na.H/c1-2-3-4-5-6-7-8-9-10-11-12-13-14-15-16(17)18;;/h14-15H,2-13H2,1H3,(H,17,18);;/b15-14+;;. The Morgan fingerprint density at radius 1 is 0.842 bits per heavy atom. The van der Waals surface area contributed by atoms with Crippen LogP contribution in [0.25, 0.3) is 0 Å². The minimum absolute atomic E-state index is 0. The molecule has 19 heavy (non-hydrogen) atoms. The zero-order valence-electron chi connectivity index (χ0n) is 12.0. The van der Waals surface area contributed by atoms with Crippen molar-refractivity contribution in [3.05, 3.63) is 12.2 Å². The molecule has 108 valence electrons. The molecule has 1 N–H and O–H groups in total. The molecule has 0 aliphatic heterocycles. The Bertz CT molecular complexity index is 215. The van der Waals surface area contributed by atoms with Crippen molar-refractivity contribution in [3.8, 4) is 0 Å². The summed E-state index contributed by atoms with van der Waals surface area (Å²) in [5, 5.41) is 8.40. The SMILES string of the molecule is CCCCCCCCCCCCC/C=C/C(=O)O.[NaH]. The number of hydrogen-bond acceptors (Lipinski definition) is 1. The number of allylic oxidation sites excluding steroid dienone is 1. The van der Waals surface area contributed by atoms with Crippen molar-refractivity contribution < 1.29 is 9.90 Å². The van der Waals surface area contributed by atoms with Crippen molar-refractivity contribution in [2.24, 2.45) is 0 Å². The summed E-state index contributed by atoms with van der Waals surface area (Å²) in [7, 11) is 0. The van der Waals surface area contributed by atoms with Gasteiger partial charge in [-0.1, -0.05) is 77.2 Å². The van der Waals surface area contributed by atoms with Gasteiger partial charge in [0.1, 0.15) is 0 Å². The van der Waals surface area contributed by atoms with Crippen LogP contribution in [0.2, 0.25) is 0 Å². The first-order chi connectivity index (χ1) is 8.77. The third-order valence-electron chi connectivity index (χ3n) is 3.23. The molecule has 3 heteroatoms. The minimum atomic E-state index is -0.835. The number of aliphatic carboxylic acids is 1. The van der Waals surface area contributed by atoms with Crippen molar-refractivity contribution in [1.29, 1.82) is 0 Å². The van der Waals surface area contributed by atoms with E-state index >= 15 is 0 Å². The summed E-state index contributed by atoms with van der Waals surface area (Å²) in [4.78, 5) is 10.2. The van der Waals surface area contributed by atoms with Crippen molar-refractivity contribution in [1.82, 2.24) is 0 Å². The number of carboxylic acids is 1. The molecule has 0 saturated heterocycles. The van der Waals surface area contributed by atoms with Crippen molar-refractivity contribution in [2.45, 2.75) is 84.0 Å². The third kappa shape index (κ3) is 20.7. The number of rotatable bonds is 13. The third-order valence-corrected chi connectivity index (χ3v) is 3.23. The monoisotopic (exact) mass is 278 g/mol. The van der Waals surface area contributed by atoms with Gasteiger partial charge in [0, 0.05) is 6.08 Å². The number of unbranched alkanes of at least 4 members (excludes halogenated alkanes) is 11. The summed E-state index contributed by atoms with van der Waals surface area (Å²) in [6.45, 7) is 2.26. The van der Waals surface area contributed by atoms with Gasteiger partial charge >= 0.3 is 35.5 Å². The van der Waals surface area contributed by atoms with Crippen LogP contribution in [0.15, 0.2) is 12.2 Å². The van der Waals surface area contributed by atoms with Gasteiger partial charge < -0.3 is 5.11 Å². The van der Waals surface area contributed by atoms with Gasteiger partial charge in [0.25, 0.3) is 0 Å². The number of carboxylic acid groups (broad SMARTS) is 1. The second-order valence-corrected chi connectivity index (χ2v) is 5.06. The molecule has 0 aromatic carbocycles. The molecule has 2 nitrogen and oxygen atoms in total. The molecule has 0 aromatic rings. The van der Waals surface area contributed by atoms with Crippen LogP contribution in [0.4, 0.5) is 0 Å². The van der Waals surface area contributed by atoms with Gasteiger partial charge in [0.05, 0.1) is 0 Å². The van der Waals surface area contributed by atoms with Crippen LogP contribution in [0.5, 0.6) is 0 Å². The number of carbonyl (C=O) groups is 1. The van der Waals surface area contributed by atoms with Crippen LogP contribution in [0.3, 0.4) is 0 Å². The summed E-state index contributed by atoms with van der Waals surface area (Å²) in [6, 6.07) is 0. The van der Waals surface area contributed by atoms with Crippen LogP contribution in [-0.4, -0.2) is 40.6 Å². The summed E-state index contributed by atoms with van der Waals surface area (Å²) in [5.41, 5.74) is 0. The Morgan fingerprint density at radius 2 is 1.26 bits per heavy atom. The van der Waals surface area contributed by atoms with Crippen LogP contribution >= 0.6 is 0 Å². The molecule has 0 unspecified atom stereocenters. The van der Waals surface area contributed by atoms with Crippen molar-refractivity contribution in [2.75, 3.05) is 0 Å². The Balaban J connectivity index is 0. The second kappa shape index (κ2) is 18.2. The van der Waals surface area contributed by atoms with E-state index in [1.54, 1.807) is 6.08 Å². The first kappa shape index (κ1) is 21.5. The van der Waals surface area contributed by atoms with Crippen LogP contribution in [-0.2, 0) is 4.79 Å². The Labute approximate surface area is 141 Å². The van der Waals surface area contributed by atoms with Crippen molar-refractivity contribution >= 4 is 35.5 Å². The van der Waals surface area contributed by atoms with Gasteiger partial charge in [0.15, 0.2) is 0 Å².